The van der Waals surface area contributed by atoms with Crippen LogP contribution in [0.1, 0.15) is 27.7 Å². The number of hydrogen-bond donors (Lipinski definition) is 0. The number of pyridine rings is 1. The smallest absolute Gasteiger partial charge is 0.451 e. The van der Waals surface area contributed by atoms with Crippen LogP contribution in [0.4, 0.5) is 13.6 Å². The molecule has 0 unspecified atom stereocenters. The molecule has 2 aliphatic heterocycles. The molecule has 1 aliphatic carbocycles. The van der Waals surface area contributed by atoms with Crippen LogP contribution in [0.3, 0.4) is 0 Å². The third kappa shape index (κ3) is 4.89. The van der Waals surface area contributed by atoms with E-state index < -0.39 is 48.1 Å². The molecule has 11 nitrogen and oxygen atoms in total. The number of thiophene rings is 1. The van der Waals surface area contributed by atoms with Gasteiger partial charge in [-0.2, -0.15) is 0 Å². The van der Waals surface area contributed by atoms with Crippen molar-refractivity contribution >= 4 is 23.4 Å². The Labute approximate surface area is 265 Å². The number of halogens is 2. The predicted octanol–water partition coefficient (Wildman–Crippen LogP) is 4.51. The molecule has 3 aliphatic rings. The molecular formula is C32H27F2N3O8S. The topological polar surface area (TPSA) is 109 Å². The fraction of sp³-hybridized carbons (Fsp3) is 0.281. The number of nitrogens with zero attached hydrogens (tertiary/aromatic N) is 3. The van der Waals surface area contributed by atoms with Crippen molar-refractivity contribution in [1.29, 1.82) is 0 Å². The summed E-state index contributed by atoms with van der Waals surface area (Å²) in [5.74, 6) is -2.83. The van der Waals surface area contributed by atoms with Crippen molar-refractivity contribution in [2.75, 3.05) is 51.9 Å². The minimum atomic E-state index is -1.04. The number of morpholine rings is 1. The number of benzene rings is 2. The highest BCUT2D eigenvalue weighted by atomic mass is 32.1. The second-order valence-electron chi connectivity index (χ2n) is 10.6. The standard InChI is InChI=1S/C32H27F2N3O8S/c1-41-13-14-43-32(40)45-17-44-29-23(38)8-10-36-28(29)31(39)35-11-12-42-16-24(35)37(36)27-18-4-2-3-5-19(18)30-21(9-15-46-30)25-20(27)6-7-22(33)26(25)34/h2-10,15,24,27H,11-14,16-17H2,1H3/t24-,27-/m1/s1. The summed E-state index contributed by atoms with van der Waals surface area (Å²) in [6.45, 7) is -0.0645. The second-order valence-corrected chi connectivity index (χ2v) is 11.5. The Morgan fingerprint density at radius 1 is 1.02 bits per heavy atom. The summed E-state index contributed by atoms with van der Waals surface area (Å²) in [7, 11) is 1.45. The maximum atomic E-state index is 15.9. The minimum absolute atomic E-state index is 0.0496. The molecule has 2 atom stereocenters. The van der Waals surface area contributed by atoms with Gasteiger partial charge in [-0.05, 0) is 34.2 Å². The van der Waals surface area contributed by atoms with Gasteiger partial charge in [-0.3, -0.25) is 19.3 Å². The fourth-order valence-electron chi connectivity index (χ4n) is 6.22. The van der Waals surface area contributed by atoms with Crippen molar-refractivity contribution < 1.29 is 42.1 Å². The first-order valence-electron chi connectivity index (χ1n) is 14.4. The number of ether oxygens (including phenoxy) is 5. The van der Waals surface area contributed by atoms with Gasteiger partial charge in [-0.25, -0.2) is 13.6 Å². The number of hydrogen-bond acceptors (Lipinski definition) is 10. The predicted molar refractivity (Wildman–Crippen MR) is 161 cm³/mol. The van der Waals surface area contributed by atoms with E-state index in [2.05, 4.69) is 0 Å². The Bertz CT molecular complexity index is 1900. The van der Waals surface area contributed by atoms with E-state index in [0.717, 1.165) is 22.1 Å². The van der Waals surface area contributed by atoms with Crippen LogP contribution in [0, 0.1) is 11.6 Å². The van der Waals surface area contributed by atoms with Gasteiger partial charge in [0.2, 0.25) is 18.0 Å². The number of rotatable bonds is 7. The van der Waals surface area contributed by atoms with E-state index in [1.54, 1.807) is 17.0 Å². The number of carbonyl (C=O) groups is 2. The van der Waals surface area contributed by atoms with Gasteiger partial charge < -0.3 is 28.6 Å². The van der Waals surface area contributed by atoms with Gasteiger partial charge in [0, 0.05) is 41.9 Å². The number of methoxy groups -OCH3 is 1. The second kappa shape index (κ2) is 12.2. The lowest BCUT2D eigenvalue weighted by atomic mass is 9.92. The van der Waals surface area contributed by atoms with Gasteiger partial charge in [-0.15, -0.1) is 11.3 Å². The fourth-order valence-corrected chi connectivity index (χ4v) is 7.17. The van der Waals surface area contributed by atoms with Crippen molar-refractivity contribution in [3.05, 3.63) is 98.8 Å². The zero-order valence-corrected chi connectivity index (χ0v) is 25.3. The number of carbonyl (C=O) groups excluding carboxylic acids is 2. The average Bonchev–Trinajstić information content (AvgIpc) is 3.51. The highest BCUT2D eigenvalue weighted by molar-refractivity contribution is 7.14. The zero-order valence-electron chi connectivity index (χ0n) is 24.4. The molecule has 14 heteroatoms. The van der Waals surface area contributed by atoms with Crippen molar-refractivity contribution in [3.8, 4) is 27.3 Å². The third-order valence-corrected chi connectivity index (χ3v) is 9.11. The maximum Gasteiger partial charge on any atom is 0.511 e. The molecule has 1 saturated heterocycles. The summed E-state index contributed by atoms with van der Waals surface area (Å²) in [6, 6.07) is 12.4. The third-order valence-electron chi connectivity index (χ3n) is 8.16. The Balaban J connectivity index is 1.40. The molecule has 4 heterocycles. The van der Waals surface area contributed by atoms with Crippen LogP contribution in [-0.2, 0) is 18.9 Å². The van der Waals surface area contributed by atoms with Crippen LogP contribution in [0.2, 0.25) is 0 Å². The van der Waals surface area contributed by atoms with Gasteiger partial charge >= 0.3 is 6.16 Å². The molecule has 0 spiro atoms. The summed E-state index contributed by atoms with van der Waals surface area (Å²) >= 11 is 1.42. The van der Waals surface area contributed by atoms with E-state index in [4.69, 9.17) is 23.7 Å². The summed E-state index contributed by atoms with van der Waals surface area (Å²) in [6.07, 6.45) is -0.306. The molecule has 1 amide bonds. The van der Waals surface area contributed by atoms with Crippen LogP contribution < -0.4 is 15.2 Å². The van der Waals surface area contributed by atoms with E-state index in [0.29, 0.717) is 11.1 Å². The van der Waals surface area contributed by atoms with Gasteiger partial charge in [0.1, 0.15) is 12.8 Å². The molecule has 2 aromatic carbocycles. The Morgan fingerprint density at radius 2 is 1.87 bits per heavy atom. The van der Waals surface area contributed by atoms with Gasteiger partial charge in [0.15, 0.2) is 17.3 Å². The molecule has 0 N–H and O–H groups in total. The van der Waals surface area contributed by atoms with Crippen molar-refractivity contribution in [2.24, 2.45) is 0 Å². The number of aromatic nitrogens is 1. The molecule has 2 aromatic heterocycles. The highest BCUT2D eigenvalue weighted by Gasteiger charge is 2.47. The molecule has 0 bridgehead atoms. The van der Waals surface area contributed by atoms with E-state index in [1.165, 1.54) is 35.4 Å². The van der Waals surface area contributed by atoms with Gasteiger partial charge in [-0.1, -0.05) is 30.3 Å². The lowest BCUT2D eigenvalue weighted by molar-refractivity contribution is -0.0216. The first kappa shape index (κ1) is 29.9. The van der Waals surface area contributed by atoms with Crippen LogP contribution >= 0.6 is 11.3 Å². The Hall–Kier alpha value is -4.79. The Kier molecular flexibility index (Phi) is 7.92. The number of fused-ring (bicyclic) bond motifs is 7. The van der Waals surface area contributed by atoms with Crippen LogP contribution in [-0.4, -0.2) is 74.7 Å². The molecule has 0 saturated carbocycles. The summed E-state index contributed by atoms with van der Waals surface area (Å²) < 4.78 is 58.4. The van der Waals surface area contributed by atoms with Crippen LogP contribution in [0.5, 0.6) is 5.75 Å². The van der Waals surface area contributed by atoms with Crippen molar-refractivity contribution in [3.63, 3.8) is 0 Å². The van der Waals surface area contributed by atoms with E-state index in [1.807, 2.05) is 34.7 Å². The first-order chi connectivity index (χ1) is 22.4. The lowest BCUT2D eigenvalue weighted by Gasteiger charge is -2.51. The average molecular weight is 652 g/mol. The lowest BCUT2D eigenvalue weighted by Crippen LogP contribution is -2.66. The largest absolute Gasteiger partial charge is 0.511 e. The molecule has 1 fully saturated rings. The highest BCUT2D eigenvalue weighted by Crippen LogP contribution is 2.51. The van der Waals surface area contributed by atoms with Crippen molar-refractivity contribution in [2.45, 2.75) is 12.2 Å². The SMILES string of the molecule is COCCOC(=O)OCOc1c2n(ccc1=O)N([C@@H]1c3ccccc3-c3sccc3-c3c1ccc(F)c3F)[C@@H]1COCCN1C2=O. The summed E-state index contributed by atoms with van der Waals surface area (Å²) in [4.78, 5) is 41.6. The molecular weight excluding hydrogens is 624 g/mol. The Morgan fingerprint density at radius 3 is 2.72 bits per heavy atom. The van der Waals surface area contributed by atoms with Gasteiger partial charge in [0.05, 0.1) is 25.9 Å². The van der Waals surface area contributed by atoms with Crippen molar-refractivity contribution in [1.82, 2.24) is 9.58 Å². The summed E-state index contributed by atoms with van der Waals surface area (Å²) in [5, 5.41) is 3.67. The number of amides is 1. The minimum Gasteiger partial charge on any atom is -0.451 e. The van der Waals surface area contributed by atoms with E-state index in [9.17, 15) is 18.8 Å². The first-order valence-corrected chi connectivity index (χ1v) is 15.3. The molecule has 238 valence electrons. The molecule has 46 heavy (non-hydrogen) atoms. The maximum absolute atomic E-state index is 15.9. The quantitative estimate of drug-likeness (QED) is 0.162. The van der Waals surface area contributed by atoms with Gasteiger partial charge in [0.25, 0.3) is 5.91 Å². The van der Waals surface area contributed by atoms with Crippen LogP contribution in [0.25, 0.3) is 21.6 Å². The normalized spacial score (nSPS) is 18.0. The monoisotopic (exact) mass is 651 g/mol. The van der Waals surface area contributed by atoms with E-state index in [-0.39, 0.29) is 50.0 Å². The molecule has 4 aromatic rings. The van der Waals surface area contributed by atoms with Crippen LogP contribution in [0.15, 0.2) is 64.9 Å². The molecule has 7 rings (SSSR count). The zero-order chi connectivity index (χ0) is 31.9. The molecule has 0 radical (unpaired) electrons. The summed E-state index contributed by atoms with van der Waals surface area (Å²) in [5.41, 5.74) is 1.95. The van der Waals surface area contributed by atoms with E-state index >= 15 is 4.39 Å².